The summed E-state index contributed by atoms with van der Waals surface area (Å²) in [4.78, 5) is 2.60. The average molecular weight is 195 g/mol. The molecule has 0 aliphatic rings. The van der Waals surface area contributed by atoms with Crippen molar-refractivity contribution in [2.24, 2.45) is 5.11 Å². The molecule has 0 amide bonds. The van der Waals surface area contributed by atoms with Gasteiger partial charge in [0, 0.05) is 18.1 Å². The summed E-state index contributed by atoms with van der Waals surface area (Å²) in [5.74, 6) is 0. The quantitative estimate of drug-likeness (QED) is 0.288. The van der Waals surface area contributed by atoms with Crippen molar-refractivity contribution in [2.75, 3.05) is 33.4 Å². The average Bonchev–Trinajstić information content (AvgIpc) is 2.03. The maximum atomic E-state index is 7.90. The summed E-state index contributed by atoms with van der Waals surface area (Å²) in [7, 11) is 1.90. The minimum absolute atomic E-state index is 0. The Bertz CT molecular complexity index is 127. The Morgan fingerprint density at radius 3 is 2.83 bits per heavy atom. The third-order valence-electron chi connectivity index (χ3n) is 1.11. The lowest BCUT2D eigenvalue weighted by Gasteiger charge is -2.00. The Balaban J connectivity index is 0. The highest BCUT2D eigenvalue weighted by atomic mass is 35.5. The summed E-state index contributed by atoms with van der Waals surface area (Å²) in [6.07, 6.45) is 0.993. The summed E-state index contributed by atoms with van der Waals surface area (Å²) in [6, 6.07) is 0. The van der Waals surface area contributed by atoms with Crippen molar-refractivity contribution in [3.8, 4) is 0 Å². The molecule has 0 aliphatic carbocycles. The predicted octanol–water partition coefficient (Wildman–Crippen LogP) is 1.34. The summed E-state index contributed by atoms with van der Waals surface area (Å²) in [5.41, 5.74) is 7.90. The number of azide groups is 1. The zero-order chi connectivity index (χ0) is 8.36. The Labute approximate surface area is 78.5 Å². The number of nitrogens with one attached hydrogen (secondary N) is 1. The van der Waals surface area contributed by atoms with E-state index in [1.807, 2.05) is 7.05 Å². The van der Waals surface area contributed by atoms with Crippen LogP contribution < -0.4 is 5.32 Å². The molecular formula is C6H15ClN4O. The molecule has 6 heteroatoms. The molecule has 0 unspecified atom stereocenters. The number of ether oxygens (including phenoxy) is 1. The van der Waals surface area contributed by atoms with Gasteiger partial charge in [-0.05, 0) is 25.5 Å². The van der Waals surface area contributed by atoms with Crippen molar-refractivity contribution in [2.45, 2.75) is 6.42 Å². The van der Waals surface area contributed by atoms with Gasteiger partial charge in [0.1, 0.15) is 0 Å². The number of nitrogens with zero attached hydrogens (tertiary/aromatic N) is 3. The zero-order valence-electron chi connectivity index (χ0n) is 7.19. The fraction of sp³-hybridized carbons (Fsp3) is 1.00. The fourth-order valence-corrected chi connectivity index (χ4v) is 0.603. The van der Waals surface area contributed by atoms with Crippen LogP contribution in [0.1, 0.15) is 6.42 Å². The van der Waals surface area contributed by atoms with Gasteiger partial charge in [-0.2, -0.15) is 0 Å². The minimum atomic E-state index is 0. The predicted molar refractivity (Wildman–Crippen MR) is 50.6 cm³/mol. The largest absolute Gasteiger partial charge is 0.381 e. The van der Waals surface area contributed by atoms with Crippen molar-refractivity contribution >= 4 is 12.4 Å². The van der Waals surface area contributed by atoms with E-state index >= 15 is 0 Å². The molecule has 0 radical (unpaired) electrons. The second-order valence-electron chi connectivity index (χ2n) is 2.02. The van der Waals surface area contributed by atoms with E-state index in [4.69, 9.17) is 10.3 Å². The van der Waals surface area contributed by atoms with Crippen LogP contribution in [0.15, 0.2) is 5.11 Å². The molecule has 0 saturated carbocycles. The first-order valence-corrected chi connectivity index (χ1v) is 3.65. The highest BCUT2D eigenvalue weighted by Gasteiger charge is 1.85. The van der Waals surface area contributed by atoms with Gasteiger partial charge >= 0.3 is 0 Å². The normalized spacial score (nSPS) is 8.42. The first-order valence-electron chi connectivity index (χ1n) is 3.65. The maximum Gasteiger partial charge on any atom is 0.0522 e. The smallest absolute Gasteiger partial charge is 0.0522 e. The summed E-state index contributed by atoms with van der Waals surface area (Å²) in [5, 5.41) is 6.34. The molecule has 0 fully saturated rings. The lowest BCUT2D eigenvalue weighted by atomic mass is 10.4. The lowest BCUT2D eigenvalue weighted by Crippen LogP contribution is -2.11. The van der Waals surface area contributed by atoms with Crippen molar-refractivity contribution in [1.29, 1.82) is 0 Å². The second kappa shape index (κ2) is 13.1. The minimum Gasteiger partial charge on any atom is -0.381 e. The Hall–Kier alpha value is -0.480. The first kappa shape index (κ1) is 14.1. The van der Waals surface area contributed by atoms with Crippen molar-refractivity contribution in [1.82, 2.24) is 5.32 Å². The van der Waals surface area contributed by atoms with Gasteiger partial charge in [0.25, 0.3) is 0 Å². The molecule has 0 aliphatic heterocycles. The Kier molecular flexibility index (Phi) is 15.4. The molecule has 5 nitrogen and oxygen atoms in total. The molecule has 0 aromatic heterocycles. The van der Waals surface area contributed by atoms with Crippen LogP contribution in [-0.4, -0.2) is 33.4 Å². The number of hydrogen-bond acceptors (Lipinski definition) is 3. The second-order valence-corrected chi connectivity index (χ2v) is 2.02. The molecule has 1 N–H and O–H groups in total. The molecule has 0 bridgehead atoms. The van der Waals surface area contributed by atoms with Gasteiger partial charge in [0.15, 0.2) is 0 Å². The SMILES string of the molecule is CNCCCOCCN=[N+]=[N-].Cl. The molecule has 12 heavy (non-hydrogen) atoms. The Morgan fingerprint density at radius 1 is 1.50 bits per heavy atom. The molecule has 0 spiro atoms. The number of hydrogen-bond donors (Lipinski definition) is 1. The van der Waals surface area contributed by atoms with Gasteiger partial charge in [-0.25, -0.2) is 0 Å². The lowest BCUT2D eigenvalue weighted by molar-refractivity contribution is 0.139. The molecule has 0 atom stereocenters. The van der Waals surface area contributed by atoms with Crippen LogP contribution in [0.4, 0.5) is 0 Å². The number of halogens is 1. The topological polar surface area (TPSA) is 70.0 Å². The van der Waals surface area contributed by atoms with Crippen LogP contribution in [0.25, 0.3) is 10.4 Å². The van der Waals surface area contributed by atoms with Crippen molar-refractivity contribution in [3.05, 3.63) is 10.4 Å². The summed E-state index contributed by atoms with van der Waals surface area (Å²) < 4.78 is 5.13. The first-order chi connectivity index (χ1) is 5.41. The molecule has 0 aromatic carbocycles. The van der Waals surface area contributed by atoms with Gasteiger partial charge in [-0.1, -0.05) is 5.11 Å². The monoisotopic (exact) mass is 194 g/mol. The van der Waals surface area contributed by atoms with E-state index in [1.165, 1.54) is 0 Å². The van der Waals surface area contributed by atoms with Gasteiger partial charge in [0.2, 0.25) is 0 Å². The van der Waals surface area contributed by atoms with Crippen LogP contribution in [0.3, 0.4) is 0 Å². The van der Waals surface area contributed by atoms with Gasteiger partial charge in [-0.3, -0.25) is 0 Å². The summed E-state index contributed by atoms with van der Waals surface area (Å²) in [6.45, 7) is 2.63. The highest BCUT2D eigenvalue weighted by molar-refractivity contribution is 5.85. The zero-order valence-corrected chi connectivity index (χ0v) is 8.01. The Morgan fingerprint density at radius 2 is 2.25 bits per heavy atom. The van der Waals surface area contributed by atoms with E-state index in [2.05, 4.69) is 15.3 Å². The molecule has 0 aromatic rings. The number of rotatable bonds is 7. The van der Waals surface area contributed by atoms with Crippen molar-refractivity contribution < 1.29 is 4.74 Å². The highest BCUT2D eigenvalue weighted by Crippen LogP contribution is 1.81. The van der Waals surface area contributed by atoms with Crippen LogP contribution in [-0.2, 0) is 4.74 Å². The van der Waals surface area contributed by atoms with E-state index in [1.54, 1.807) is 0 Å². The van der Waals surface area contributed by atoms with Gasteiger partial charge < -0.3 is 10.1 Å². The van der Waals surface area contributed by atoms with E-state index in [-0.39, 0.29) is 12.4 Å². The molecule has 72 valence electrons. The third-order valence-corrected chi connectivity index (χ3v) is 1.11. The molecule has 0 saturated heterocycles. The van der Waals surface area contributed by atoms with E-state index in [9.17, 15) is 0 Å². The van der Waals surface area contributed by atoms with Gasteiger partial charge in [0.05, 0.1) is 6.61 Å². The standard InChI is InChI=1S/C6H14N4O.ClH/c1-8-3-2-5-11-6-4-9-10-7;/h8H,2-6H2,1H3;1H. The maximum absolute atomic E-state index is 7.90. The summed E-state index contributed by atoms with van der Waals surface area (Å²) >= 11 is 0. The fourth-order valence-electron chi connectivity index (χ4n) is 0.603. The van der Waals surface area contributed by atoms with E-state index < -0.39 is 0 Å². The van der Waals surface area contributed by atoms with Crippen LogP contribution in [0, 0.1) is 0 Å². The molecular weight excluding hydrogens is 180 g/mol. The van der Waals surface area contributed by atoms with Crippen LogP contribution in [0.2, 0.25) is 0 Å². The van der Waals surface area contributed by atoms with Crippen LogP contribution >= 0.6 is 12.4 Å². The van der Waals surface area contributed by atoms with E-state index in [0.717, 1.165) is 19.6 Å². The van der Waals surface area contributed by atoms with Crippen molar-refractivity contribution in [3.63, 3.8) is 0 Å². The third kappa shape index (κ3) is 12.2. The molecule has 0 rings (SSSR count). The molecule has 0 heterocycles. The van der Waals surface area contributed by atoms with Crippen LogP contribution in [0.5, 0.6) is 0 Å². The van der Waals surface area contributed by atoms with E-state index in [0.29, 0.717) is 13.2 Å². The van der Waals surface area contributed by atoms with Gasteiger partial charge in [-0.15, -0.1) is 12.4 Å².